The summed E-state index contributed by atoms with van der Waals surface area (Å²) in [5, 5.41) is 3.24. The molecule has 1 unspecified atom stereocenters. The van der Waals surface area contributed by atoms with Crippen LogP contribution in [0.5, 0.6) is 0 Å². The molecule has 152 valence electrons. The fraction of sp³-hybridized carbons (Fsp3) is 1.00. The first-order valence-corrected chi connectivity index (χ1v) is 11.4. The normalized spacial score (nSPS) is 14.6. The Kier molecular flexibility index (Phi) is 15.1. The molecule has 25 heavy (non-hydrogen) atoms. The van der Waals surface area contributed by atoms with Gasteiger partial charge in [-0.25, -0.2) is 4.57 Å². The molecule has 0 aromatic heterocycles. The molecule has 6 nitrogen and oxygen atoms in total. The molecule has 0 saturated carbocycles. The van der Waals surface area contributed by atoms with Crippen LogP contribution < -0.4 is 5.32 Å². The van der Waals surface area contributed by atoms with Gasteiger partial charge < -0.3 is 14.7 Å². The van der Waals surface area contributed by atoms with Crippen molar-refractivity contribution in [1.29, 1.82) is 0 Å². The van der Waals surface area contributed by atoms with E-state index in [9.17, 15) is 9.46 Å². The minimum Gasteiger partial charge on any atom is -0.329 e. The summed E-state index contributed by atoms with van der Waals surface area (Å²) in [6, 6.07) is 0. The number of hydrogen-bond acceptors (Lipinski definition) is 4. The highest BCUT2D eigenvalue weighted by molar-refractivity contribution is 7.47. The van der Waals surface area contributed by atoms with Gasteiger partial charge in [-0.15, -0.1) is 0 Å². The van der Waals surface area contributed by atoms with E-state index < -0.39 is 7.82 Å². The number of rotatable bonds is 18. The number of likely N-dealkylation sites (N-methyl/N-ethyl adjacent to an activating group) is 1. The third-order valence-electron chi connectivity index (χ3n) is 4.01. The summed E-state index contributed by atoms with van der Waals surface area (Å²) in [5.41, 5.74) is 0. The van der Waals surface area contributed by atoms with Gasteiger partial charge in [-0.3, -0.25) is 9.05 Å². The van der Waals surface area contributed by atoms with Gasteiger partial charge in [-0.1, -0.05) is 58.3 Å². The van der Waals surface area contributed by atoms with E-state index in [1.54, 1.807) is 0 Å². The topological polar surface area (TPSA) is 67.8 Å². The van der Waals surface area contributed by atoms with Crippen LogP contribution in [0.4, 0.5) is 0 Å². The maximum atomic E-state index is 11.7. The van der Waals surface area contributed by atoms with Crippen molar-refractivity contribution in [2.75, 3.05) is 54.0 Å². The smallest absolute Gasteiger partial charge is 0.329 e. The van der Waals surface area contributed by atoms with Crippen LogP contribution in [0.25, 0.3) is 0 Å². The van der Waals surface area contributed by atoms with Gasteiger partial charge in [0.1, 0.15) is 13.2 Å². The minimum atomic E-state index is -3.91. The van der Waals surface area contributed by atoms with Gasteiger partial charge in [-0.05, 0) is 13.0 Å². The van der Waals surface area contributed by atoms with Crippen molar-refractivity contribution in [1.82, 2.24) is 5.32 Å². The molecule has 0 bridgehead atoms. The molecule has 0 fully saturated rings. The highest BCUT2D eigenvalue weighted by Gasteiger charge is 2.21. The van der Waals surface area contributed by atoms with Crippen molar-refractivity contribution in [3.05, 3.63) is 0 Å². The number of phosphoric ester groups is 1. The summed E-state index contributed by atoms with van der Waals surface area (Å²) in [5.74, 6) is 0. The molecule has 2 N–H and O–H groups in total. The summed E-state index contributed by atoms with van der Waals surface area (Å²) in [6.45, 7) is 4.80. The molecular formula is C18H42N2O4P+. The van der Waals surface area contributed by atoms with Crippen molar-refractivity contribution in [2.45, 2.75) is 64.7 Å². The molecular weight excluding hydrogens is 339 g/mol. The van der Waals surface area contributed by atoms with Crippen LogP contribution in [-0.4, -0.2) is 63.4 Å². The molecule has 0 aromatic rings. The van der Waals surface area contributed by atoms with E-state index in [2.05, 4.69) is 12.2 Å². The molecule has 0 amide bonds. The molecule has 1 atom stereocenters. The van der Waals surface area contributed by atoms with Crippen molar-refractivity contribution in [3.8, 4) is 0 Å². The summed E-state index contributed by atoms with van der Waals surface area (Å²) >= 11 is 0. The van der Waals surface area contributed by atoms with Gasteiger partial charge >= 0.3 is 7.82 Å². The van der Waals surface area contributed by atoms with Crippen LogP contribution in [0.15, 0.2) is 0 Å². The van der Waals surface area contributed by atoms with Gasteiger partial charge in [0.2, 0.25) is 0 Å². The maximum absolute atomic E-state index is 11.7. The van der Waals surface area contributed by atoms with E-state index >= 15 is 0 Å². The monoisotopic (exact) mass is 381 g/mol. The lowest BCUT2D eigenvalue weighted by Gasteiger charge is -2.24. The largest absolute Gasteiger partial charge is 0.472 e. The maximum Gasteiger partial charge on any atom is 0.472 e. The van der Waals surface area contributed by atoms with E-state index in [-0.39, 0.29) is 13.2 Å². The summed E-state index contributed by atoms with van der Waals surface area (Å²) in [4.78, 5) is 9.56. The Morgan fingerprint density at radius 2 is 1.36 bits per heavy atom. The summed E-state index contributed by atoms with van der Waals surface area (Å²) in [6.07, 6.45) is 11.8. The Bertz CT molecular complexity index is 348. The second-order valence-corrected chi connectivity index (χ2v) is 9.18. The molecule has 0 aliphatic heterocycles. The number of phosphoric acid groups is 1. The standard InChI is InChI=1S/C18H41N2O4P/c1-5-6-7-8-9-10-11-12-13-14-19-15-17-23-25(21,22)24-18-16-20(2,3)4/h19H,5-18H2,1-4H3/p+1. The van der Waals surface area contributed by atoms with E-state index in [0.717, 1.165) is 13.0 Å². The average Bonchev–Trinajstić information content (AvgIpc) is 2.50. The van der Waals surface area contributed by atoms with E-state index in [1.165, 1.54) is 51.4 Å². The molecule has 0 spiro atoms. The van der Waals surface area contributed by atoms with Crippen molar-refractivity contribution in [3.63, 3.8) is 0 Å². The Morgan fingerprint density at radius 1 is 0.840 bits per heavy atom. The zero-order valence-corrected chi connectivity index (χ0v) is 17.9. The zero-order valence-electron chi connectivity index (χ0n) is 17.0. The quantitative estimate of drug-likeness (QED) is 0.214. The Balaban J connectivity index is 3.35. The summed E-state index contributed by atoms with van der Waals surface area (Å²) < 4.78 is 22.3. The second kappa shape index (κ2) is 15.1. The predicted octanol–water partition coefficient (Wildman–Crippen LogP) is 3.95. The fourth-order valence-electron chi connectivity index (χ4n) is 2.39. The van der Waals surface area contributed by atoms with Gasteiger partial charge in [0, 0.05) is 6.54 Å². The second-order valence-electron chi connectivity index (χ2n) is 7.73. The van der Waals surface area contributed by atoms with E-state index in [0.29, 0.717) is 17.6 Å². The Hall–Kier alpha value is 0.0300. The SMILES string of the molecule is CCCCCCCCCCCNCCOP(=O)(O)OCC[N+](C)(C)C. The molecule has 0 heterocycles. The number of quaternary nitrogens is 1. The van der Waals surface area contributed by atoms with Crippen molar-refractivity contribution < 1.29 is 23.0 Å². The van der Waals surface area contributed by atoms with Crippen LogP contribution in [0.3, 0.4) is 0 Å². The zero-order chi connectivity index (χ0) is 19.0. The molecule has 0 aromatic carbocycles. The van der Waals surface area contributed by atoms with E-state index in [4.69, 9.17) is 9.05 Å². The molecule has 7 heteroatoms. The van der Waals surface area contributed by atoms with Crippen LogP contribution >= 0.6 is 7.82 Å². The highest BCUT2D eigenvalue weighted by atomic mass is 31.2. The Morgan fingerprint density at radius 3 is 1.92 bits per heavy atom. The fourth-order valence-corrected chi connectivity index (χ4v) is 3.10. The third-order valence-corrected chi connectivity index (χ3v) is 5.02. The first-order valence-electron chi connectivity index (χ1n) is 9.90. The van der Waals surface area contributed by atoms with E-state index in [1.807, 2.05) is 21.1 Å². The molecule has 0 saturated heterocycles. The molecule has 0 aliphatic carbocycles. The number of nitrogens with zero attached hydrogens (tertiary/aromatic N) is 1. The first-order chi connectivity index (χ1) is 11.8. The lowest BCUT2D eigenvalue weighted by Crippen LogP contribution is -2.37. The molecule has 0 radical (unpaired) electrons. The van der Waals surface area contributed by atoms with Gasteiger partial charge in [0.25, 0.3) is 0 Å². The number of nitrogens with one attached hydrogen (secondary N) is 1. The minimum absolute atomic E-state index is 0.190. The summed E-state index contributed by atoms with van der Waals surface area (Å²) in [7, 11) is 2.10. The Labute approximate surface area is 155 Å². The lowest BCUT2D eigenvalue weighted by atomic mass is 10.1. The molecule has 0 rings (SSSR count). The van der Waals surface area contributed by atoms with Crippen molar-refractivity contribution in [2.24, 2.45) is 0 Å². The van der Waals surface area contributed by atoms with Crippen LogP contribution in [0.2, 0.25) is 0 Å². The van der Waals surface area contributed by atoms with Crippen LogP contribution in [0, 0.1) is 0 Å². The number of hydrogen-bond donors (Lipinski definition) is 2. The van der Waals surface area contributed by atoms with Crippen LogP contribution in [-0.2, 0) is 13.6 Å². The lowest BCUT2D eigenvalue weighted by molar-refractivity contribution is -0.870. The predicted molar refractivity (Wildman–Crippen MR) is 105 cm³/mol. The van der Waals surface area contributed by atoms with Crippen LogP contribution in [0.1, 0.15) is 64.7 Å². The van der Waals surface area contributed by atoms with Gasteiger partial charge in [0.15, 0.2) is 0 Å². The highest BCUT2D eigenvalue weighted by Crippen LogP contribution is 2.42. The first kappa shape index (κ1) is 25.0. The third kappa shape index (κ3) is 20.2. The average molecular weight is 382 g/mol. The van der Waals surface area contributed by atoms with Gasteiger partial charge in [0.05, 0.1) is 27.7 Å². The molecule has 0 aliphatic rings. The van der Waals surface area contributed by atoms with Crippen molar-refractivity contribution >= 4 is 7.82 Å². The number of unbranched alkanes of at least 4 members (excludes halogenated alkanes) is 8. The van der Waals surface area contributed by atoms with Gasteiger partial charge in [-0.2, -0.15) is 0 Å².